The highest BCUT2D eigenvalue weighted by Crippen LogP contribution is 2.28. The smallest absolute Gasteiger partial charge is 0.214 e. The van der Waals surface area contributed by atoms with E-state index in [9.17, 15) is 8.42 Å². The maximum absolute atomic E-state index is 11.8. The Morgan fingerprint density at radius 2 is 1.80 bits per heavy atom. The Bertz CT molecular complexity index is 303. The van der Waals surface area contributed by atoms with Crippen molar-refractivity contribution in [3.8, 4) is 0 Å². The SMILES string of the molecule is O=S(=O)(NCC1CC(O)C1)C1CCCC1. The van der Waals surface area contributed by atoms with Gasteiger partial charge in [0.1, 0.15) is 0 Å². The van der Waals surface area contributed by atoms with Crippen LogP contribution in [-0.4, -0.2) is 31.4 Å². The third-order valence-corrected chi connectivity index (χ3v) is 5.44. The van der Waals surface area contributed by atoms with E-state index in [-0.39, 0.29) is 11.4 Å². The van der Waals surface area contributed by atoms with E-state index >= 15 is 0 Å². The molecule has 0 radical (unpaired) electrons. The molecule has 2 aliphatic rings. The van der Waals surface area contributed by atoms with Crippen LogP contribution < -0.4 is 4.72 Å². The van der Waals surface area contributed by atoms with Gasteiger partial charge in [0.25, 0.3) is 0 Å². The monoisotopic (exact) mass is 233 g/mol. The molecule has 15 heavy (non-hydrogen) atoms. The summed E-state index contributed by atoms with van der Waals surface area (Å²) in [7, 11) is -3.08. The van der Waals surface area contributed by atoms with Crippen LogP contribution in [0.15, 0.2) is 0 Å². The first-order valence-corrected chi connectivity index (χ1v) is 7.29. The summed E-state index contributed by atoms with van der Waals surface area (Å²) in [5.74, 6) is 0.344. The van der Waals surface area contributed by atoms with Gasteiger partial charge in [-0.05, 0) is 31.6 Å². The first-order valence-electron chi connectivity index (χ1n) is 5.74. The largest absolute Gasteiger partial charge is 0.393 e. The third kappa shape index (κ3) is 2.71. The molecule has 0 aromatic carbocycles. The lowest BCUT2D eigenvalue weighted by Gasteiger charge is -2.31. The summed E-state index contributed by atoms with van der Waals surface area (Å²) in [6, 6.07) is 0. The van der Waals surface area contributed by atoms with Crippen LogP contribution in [-0.2, 0) is 10.0 Å². The van der Waals surface area contributed by atoms with Crippen molar-refractivity contribution < 1.29 is 13.5 Å². The predicted octanol–water partition coefficient (Wildman–Crippen LogP) is 0.619. The van der Waals surface area contributed by atoms with Crippen LogP contribution in [0, 0.1) is 5.92 Å². The number of hydrogen-bond acceptors (Lipinski definition) is 3. The molecule has 88 valence electrons. The first kappa shape index (κ1) is 11.4. The van der Waals surface area contributed by atoms with Gasteiger partial charge in [0.05, 0.1) is 11.4 Å². The van der Waals surface area contributed by atoms with Gasteiger partial charge in [-0.3, -0.25) is 0 Å². The Hall–Kier alpha value is -0.130. The van der Waals surface area contributed by atoms with Crippen molar-refractivity contribution in [2.24, 2.45) is 5.92 Å². The van der Waals surface area contributed by atoms with E-state index in [1.165, 1.54) is 0 Å². The second-order valence-corrected chi connectivity index (χ2v) is 6.84. The highest BCUT2D eigenvalue weighted by molar-refractivity contribution is 7.90. The molecular weight excluding hydrogens is 214 g/mol. The lowest BCUT2D eigenvalue weighted by atomic mass is 9.83. The highest BCUT2D eigenvalue weighted by atomic mass is 32.2. The maximum atomic E-state index is 11.8. The lowest BCUT2D eigenvalue weighted by molar-refractivity contribution is 0.0453. The van der Waals surface area contributed by atoms with Crippen LogP contribution in [0.1, 0.15) is 38.5 Å². The van der Waals surface area contributed by atoms with E-state index in [0.29, 0.717) is 12.5 Å². The average Bonchev–Trinajstić information content (AvgIpc) is 2.63. The van der Waals surface area contributed by atoms with Gasteiger partial charge >= 0.3 is 0 Å². The molecule has 4 nitrogen and oxygen atoms in total. The van der Waals surface area contributed by atoms with E-state index in [1.54, 1.807) is 0 Å². The van der Waals surface area contributed by atoms with E-state index in [1.807, 2.05) is 0 Å². The fourth-order valence-corrected chi connectivity index (χ4v) is 4.08. The van der Waals surface area contributed by atoms with Gasteiger partial charge in [0.2, 0.25) is 10.0 Å². The Balaban J connectivity index is 1.77. The first-order chi connectivity index (χ1) is 7.08. The molecule has 5 heteroatoms. The average molecular weight is 233 g/mol. The van der Waals surface area contributed by atoms with Crippen molar-refractivity contribution >= 4 is 10.0 Å². The van der Waals surface area contributed by atoms with Gasteiger partial charge in [0.15, 0.2) is 0 Å². The summed E-state index contributed by atoms with van der Waals surface area (Å²) in [4.78, 5) is 0. The fraction of sp³-hybridized carbons (Fsp3) is 1.00. The van der Waals surface area contributed by atoms with Crippen LogP contribution in [0.5, 0.6) is 0 Å². The minimum absolute atomic E-state index is 0.164. The topological polar surface area (TPSA) is 66.4 Å². The summed E-state index contributed by atoms with van der Waals surface area (Å²) < 4.78 is 26.3. The molecular formula is C10H19NO3S. The minimum Gasteiger partial charge on any atom is -0.393 e. The van der Waals surface area contributed by atoms with Gasteiger partial charge < -0.3 is 5.11 Å². The number of sulfonamides is 1. The Kier molecular flexibility index (Phi) is 3.33. The number of aliphatic hydroxyl groups is 1. The zero-order valence-corrected chi connectivity index (χ0v) is 9.67. The van der Waals surface area contributed by atoms with Gasteiger partial charge in [-0.25, -0.2) is 13.1 Å². The van der Waals surface area contributed by atoms with Crippen LogP contribution in [0.3, 0.4) is 0 Å². The second-order valence-electron chi connectivity index (χ2n) is 4.79. The summed E-state index contributed by atoms with van der Waals surface area (Å²) in [5.41, 5.74) is 0. The summed E-state index contributed by atoms with van der Waals surface area (Å²) in [6.45, 7) is 0.510. The van der Waals surface area contributed by atoms with Crippen molar-refractivity contribution in [1.82, 2.24) is 4.72 Å². The number of aliphatic hydroxyl groups excluding tert-OH is 1. The van der Waals surface area contributed by atoms with Crippen LogP contribution in [0.25, 0.3) is 0 Å². The molecule has 2 rings (SSSR count). The van der Waals surface area contributed by atoms with E-state index in [2.05, 4.69) is 4.72 Å². The van der Waals surface area contributed by atoms with Crippen LogP contribution >= 0.6 is 0 Å². The quantitative estimate of drug-likeness (QED) is 0.748. The van der Waals surface area contributed by atoms with Crippen LogP contribution in [0.2, 0.25) is 0 Å². The lowest BCUT2D eigenvalue weighted by Crippen LogP contribution is -2.41. The number of hydrogen-bond donors (Lipinski definition) is 2. The van der Waals surface area contributed by atoms with Crippen molar-refractivity contribution in [3.05, 3.63) is 0 Å². The molecule has 0 unspecified atom stereocenters. The third-order valence-electron chi connectivity index (χ3n) is 3.53. The van der Waals surface area contributed by atoms with E-state index in [4.69, 9.17) is 5.11 Å². The minimum atomic E-state index is -3.08. The highest BCUT2D eigenvalue weighted by Gasteiger charge is 2.32. The predicted molar refractivity (Wildman–Crippen MR) is 57.9 cm³/mol. The fourth-order valence-electron chi connectivity index (χ4n) is 2.42. The zero-order chi connectivity index (χ0) is 10.9. The van der Waals surface area contributed by atoms with Crippen LogP contribution in [0.4, 0.5) is 0 Å². The summed E-state index contributed by atoms with van der Waals surface area (Å²) in [5, 5.41) is 8.92. The number of rotatable bonds is 4. The number of nitrogens with one attached hydrogen (secondary N) is 1. The van der Waals surface area contributed by atoms with Gasteiger partial charge in [-0.15, -0.1) is 0 Å². The zero-order valence-electron chi connectivity index (χ0n) is 8.85. The van der Waals surface area contributed by atoms with Gasteiger partial charge in [0, 0.05) is 6.54 Å². The van der Waals surface area contributed by atoms with Crippen molar-refractivity contribution in [2.75, 3.05) is 6.54 Å². The molecule has 2 saturated carbocycles. The molecule has 0 saturated heterocycles. The Morgan fingerprint density at radius 3 is 2.33 bits per heavy atom. The van der Waals surface area contributed by atoms with Gasteiger partial charge in [-0.2, -0.15) is 0 Å². The maximum Gasteiger partial charge on any atom is 0.214 e. The summed E-state index contributed by atoms with van der Waals surface area (Å²) >= 11 is 0. The molecule has 0 heterocycles. The molecule has 2 fully saturated rings. The Labute approximate surface area is 91.1 Å². The molecule has 0 spiro atoms. The standard InChI is InChI=1S/C10H19NO3S/c12-9-5-8(6-9)7-11-15(13,14)10-3-1-2-4-10/h8-12H,1-7H2. The molecule has 0 bridgehead atoms. The molecule has 2 aliphatic carbocycles. The molecule has 0 atom stereocenters. The molecule has 0 aromatic heterocycles. The molecule has 0 aromatic rings. The molecule has 0 amide bonds. The van der Waals surface area contributed by atoms with E-state index in [0.717, 1.165) is 38.5 Å². The van der Waals surface area contributed by atoms with Crippen molar-refractivity contribution in [2.45, 2.75) is 49.9 Å². The summed E-state index contributed by atoms with van der Waals surface area (Å²) in [6.07, 6.45) is 4.97. The Morgan fingerprint density at radius 1 is 1.20 bits per heavy atom. The van der Waals surface area contributed by atoms with Gasteiger partial charge in [-0.1, -0.05) is 12.8 Å². The van der Waals surface area contributed by atoms with E-state index < -0.39 is 10.0 Å². The van der Waals surface area contributed by atoms with Crippen molar-refractivity contribution in [1.29, 1.82) is 0 Å². The molecule has 0 aliphatic heterocycles. The van der Waals surface area contributed by atoms with Crippen molar-refractivity contribution in [3.63, 3.8) is 0 Å². The second kappa shape index (κ2) is 4.39. The molecule has 2 N–H and O–H groups in total. The normalized spacial score (nSPS) is 32.9.